The third-order valence-electron chi connectivity index (χ3n) is 6.47. The highest BCUT2D eigenvalue weighted by molar-refractivity contribution is 4.89. The number of hydrogen-bond donors (Lipinski definition) is 6. The average Bonchev–Trinajstić information content (AvgIpc) is 2.79. The summed E-state index contributed by atoms with van der Waals surface area (Å²) in [7, 11) is 0. The molecule has 1 rings (SSSR count). The fourth-order valence-electron chi connectivity index (χ4n) is 4.14. The third-order valence-corrected chi connectivity index (χ3v) is 6.47. The Morgan fingerprint density at radius 1 is 0.781 bits per heavy atom. The van der Waals surface area contributed by atoms with Crippen molar-refractivity contribution in [2.75, 3.05) is 13.2 Å². The van der Waals surface area contributed by atoms with Crippen LogP contribution in [0.2, 0.25) is 0 Å². The number of aliphatic hydroxyl groups is 5. The summed E-state index contributed by atoms with van der Waals surface area (Å²) in [5.41, 5.74) is 3.93. The molecule has 0 spiro atoms. The predicted octanol–water partition coefficient (Wildman–Crippen LogP) is 1.26. The number of unbranched alkanes of at least 4 members (excludes halogenated alkanes) is 12. The zero-order valence-electron chi connectivity index (χ0n) is 20.1. The molecule has 0 saturated carbocycles. The van der Waals surface area contributed by atoms with E-state index in [1.54, 1.807) is 0 Å². The Morgan fingerprint density at radius 3 is 1.78 bits per heavy atom. The van der Waals surface area contributed by atoms with Crippen molar-refractivity contribution in [1.29, 1.82) is 0 Å². The van der Waals surface area contributed by atoms with Gasteiger partial charge in [0.05, 0.1) is 6.61 Å². The fourth-order valence-corrected chi connectivity index (χ4v) is 4.14. The van der Waals surface area contributed by atoms with Crippen molar-refractivity contribution in [3.05, 3.63) is 0 Å². The maximum absolute atomic E-state index is 10.3. The monoisotopic (exact) mass is 464 g/mol. The molecule has 0 amide bonds. The molecule has 1 aliphatic heterocycles. The summed E-state index contributed by atoms with van der Waals surface area (Å²) in [5, 5.41) is 49.1. The van der Waals surface area contributed by atoms with Crippen molar-refractivity contribution in [3.63, 3.8) is 0 Å². The molecule has 1 fully saturated rings. The molecule has 7 atom stereocenters. The summed E-state index contributed by atoms with van der Waals surface area (Å²) < 4.78 is 10.8. The summed E-state index contributed by atoms with van der Waals surface area (Å²) in [4.78, 5) is 0. The average molecular weight is 465 g/mol. The zero-order chi connectivity index (χ0) is 23.8. The Kier molecular flexibility index (Phi) is 16.8. The summed E-state index contributed by atoms with van der Waals surface area (Å²) in [6, 6.07) is -0.403. The molecule has 8 N–H and O–H groups in total. The lowest BCUT2D eigenvalue weighted by Gasteiger charge is -2.39. The van der Waals surface area contributed by atoms with Gasteiger partial charge in [-0.3, -0.25) is 0 Å². The van der Waals surface area contributed by atoms with E-state index in [2.05, 4.69) is 12.7 Å². The first kappa shape index (κ1) is 29.7. The number of aliphatic hydroxyl groups excluding tert-OH is 5. The van der Waals surface area contributed by atoms with Gasteiger partial charge in [0.1, 0.15) is 43.2 Å². The molecule has 0 radical (unpaired) electrons. The molecule has 32 heavy (non-hydrogen) atoms. The Labute approximate surface area is 194 Å². The lowest BCUT2D eigenvalue weighted by molar-refractivity contribution is -0.451. The van der Waals surface area contributed by atoms with Gasteiger partial charge in [0.2, 0.25) is 0 Å². The second-order valence-electron chi connectivity index (χ2n) is 9.39. The second kappa shape index (κ2) is 18.1. The van der Waals surface area contributed by atoms with Crippen molar-refractivity contribution in [1.82, 2.24) is 0 Å². The van der Waals surface area contributed by atoms with Gasteiger partial charge in [-0.25, -0.2) is 0 Å². The van der Waals surface area contributed by atoms with E-state index in [-0.39, 0.29) is 6.61 Å². The standard InChI is InChI=1S/C24H49NO7/c1-2-3-4-5-6-7-8-9-10-11-12-13-14-15-19(27)18(25)17-31-24-23(30)22(29)21(28)20(16-26)32-24/h18-24,26-30H,2-17,25H2,1H3/p+1/t18-,19+,20+,21-,22-,23+,24+/m0/s1. The first-order valence-electron chi connectivity index (χ1n) is 12.9. The maximum Gasteiger partial charge on any atom is 0.186 e. The number of rotatable bonds is 19. The maximum atomic E-state index is 10.3. The second-order valence-corrected chi connectivity index (χ2v) is 9.39. The predicted molar refractivity (Wildman–Crippen MR) is 123 cm³/mol. The molecule has 0 aliphatic carbocycles. The summed E-state index contributed by atoms with van der Waals surface area (Å²) in [5.74, 6) is 0. The smallest absolute Gasteiger partial charge is 0.186 e. The van der Waals surface area contributed by atoms with Crippen LogP contribution in [-0.2, 0) is 9.47 Å². The van der Waals surface area contributed by atoms with Crippen LogP contribution in [0.15, 0.2) is 0 Å². The quantitative estimate of drug-likeness (QED) is 0.158. The van der Waals surface area contributed by atoms with Crippen LogP contribution in [0.25, 0.3) is 0 Å². The minimum Gasteiger partial charge on any atom is -0.394 e. The Balaban J connectivity index is 2.03. The van der Waals surface area contributed by atoms with Gasteiger partial charge in [0, 0.05) is 0 Å². The van der Waals surface area contributed by atoms with Gasteiger partial charge in [0.25, 0.3) is 0 Å². The SMILES string of the molecule is CCCCCCCCCCCCCCC[C@@H](O)[C@@H]([NH3+])CO[C@@H]1O[C@H](CO)[C@H](O)[C@H](O)[C@H]1O. The van der Waals surface area contributed by atoms with E-state index in [4.69, 9.17) is 9.47 Å². The van der Waals surface area contributed by atoms with Gasteiger partial charge in [-0.05, 0) is 6.42 Å². The zero-order valence-corrected chi connectivity index (χ0v) is 20.1. The Bertz CT molecular complexity index is 441. The van der Waals surface area contributed by atoms with E-state index < -0.39 is 49.5 Å². The molecule has 192 valence electrons. The molecular weight excluding hydrogens is 414 g/mol. The van der Waals surface area contributed by atoms with E-state index in [0.717, 1.165) is 12.8 Å². The minimum absolute atomic E-state index is 0.0439. The van der Waals surface area contributed by atoms with Crippen molar-refractivity contribution in [3.8, 4) is 0 Å². The van der Waals surface area contributed by atoms with Crippen LogP contribution in [0.5, 0.6) is 0 Å². The molecule has 1 saturated heterocycles. The molecule has 0 aromatic carbocycles. The summed E-state index contributed by atoms with van der Waals surface area (Å²) >= 11 is 0. The molecule has 8 nitrogen and oxygen atoms in total. The van der Waals surface area contributed by atoms with E-state index in [0.29, 0.717) is 6.42 Å². The molecule has 0 unspecified atom stereocenters. The normalized spacial score (nSPS) is 28.0. The van der Waals surface area contributed by atoms with Gasteiger partial charge in [0.15, 0.2) is 6.29 Å². The third kappa shape index (κ3) is 11.7. The first-order chi connectivity index (χ1) is 15.4. The van der Waals surface area contributed by atoms with E-state index in [1.807, 2.05) is 0 Å². The van der Waals surface area contributed by atoms with Crippen molar-refractivity contribution in [2.45, 2.75) is 140 Å². The highest BCUT2D eigenvalue weighted by atomic mass is 16.7. The molecular formula is C24H50NO7+. The lowest BCUT2D eigenvalue weighted by atomic mass is 9.99. The van der Waals surface area contributed by atoms with Gasteiger partial charge < -0.3 is 40.7 Å². The van der Waals surface area contributed by atoms with Crippen LogP contribution < -0.4 is 5.73 Å². The van der Waals surface area contributed by atoms with Gasteiger partial charge >= 0.3 is 0 Å². The van der Waals surface area contributed by atoms with Gasteiger partial charge in [-0.15, -0.1) is 0 Å². The molecule has 1 heterocycles. The van der Waals surface area contributed by atoms with Crippen LogP contribution >= 0.6 is 0 Å². The fraction of sp³-hybridized carbons (Fsp3) is 1.00. The molecule has 0 bridgehead atoms. The van der Waals surface area contributed by atoms with E-state index in [1.165, 1.54) is 70.6 Å². The first-order valence-corrected chi connectivity index (χ1v) is 12.9. The highest BCUT2D eigenvalue weighted by Crippen LogP contribution is 2.22. The summed E-state index contributed by atoms with van der Waals surface area (Å²) in [6.45, 7) is 1.79. The van der Waals surface area contributed by atoms with E-state index in [9.17, 15) is 25.5 Å². The minimum atomic E-state index is -1.47. The molecule has 0 aromatic rings. The topological polar surface area (TPSA) is 147 Å². The molecule has 1 aliphatic rings. The van der Waals surface area contributed by atoms with Gasteiger partial charge in [-0.2, -0.15) is 0 Å². The number of hydrogen-bond acceptors (Lipinski definition) is 7. The number of quaternary nitrogens is 1. The summed E-state index contributed by atoms with van der Waals surface area (Å²) in [6.07, 6.45) is 10.2. The Hall–Kier alpha value is -0.320. The number of ether oxygens (including phenoxy) is 2. The lowest BCUT2D eigenvalue weighted by Crippen LogP contribution is -2.69. The van der Waals surface area contributed by atoms with Crippen LogP contribution in [-0.4, -0.2) is 81.6 Å². The van der Waals surface area contributed by atoms with Crippen LogP contribution in [0.3, 0.4) is 0 Å². The van der Waals surface area contributed by atoms with Crippen LogP contribution in [0.4, 0.5) is 0 Å². The van der Waals surface area contributed by atoms with Crippen molar-refractivity contribution < 1.29 is 40.7 Å². The van der Waals surface area contributed by atoms with Crippen LogP contribution in [0.1, 0.15) is 96.8 Å². The van der Waals surface area contributed by atoms with Crippen molar-refractivity contribution in [2.24, 2.45) is 0 Å². The van der Waals surface area contributed by atoms with Gasteiger partial charge in [-0.1, -0.05) is 90.4 Å². The van der Waals surface area contributed by atoms with Crippen molar-refractivity contribution >= 4 is 0 Å². The Morgan fingerprint density at radius 2 is 1.28 bits per heavy atom. The molecule has 8 heteroatoms. The van der Waals surface area contributed by atoms with Crippen LogP contribution in [0, 0.1) is 0 Å². The highest BCUT2D eigenvalue weighted by Gasteiger charge is 2.44. The van der Waals surface area contributed by atoms with E-state index >= 15 is 0 Å². The largest absolute Gasteiger partial charge is 0.394 e. The molecule has 0 aromatic heterocycles.